The molecule has 1 fully saturated rings. The van der Waals surface area contributed by atoms with Gasteiger partial charge in [0, 0.05) is 0 Å². The van der Waals surface area contributed by atoms with E-state index >= 15 is 0 Å². The summed E-state index contributed by atoms with van der Waals surface area (Å²) < 4.78 is 21.9. The molecule has 34 heavy (non-hydrogen) atoms. The number of carbonyl (C=O) groups excluding carboxylic acids is 3. The van der Waals surface area contributed by atoms with E-state index in [1.54, 1.807) is 78.9 Å². The number of aliphatic hydroxyl groups is 1. The molecular formula is C26H22O8. The number of hydrogen-bond acceptors (Lipinski definition) is 8. The maximum Gasteiger partial charge on any atom is 0.338 e. The Morgan fingerprint density at radius 1 is 0.618 bits per heavy atom. The van der Waals surface area contributed by atoms with E-state index in [0.717, 1.165) is 0 Å². The SMILES string of the molecule is O=C(O[C@H]1[C@H](OC(=O)c2ccccc2)[C@@H](O)OC[C@@H]1OC(=O)c1ccccc1)c1ccccc1. The number of ether oxygens (including phenoxy) is 4. The quantitative estimate of drug-likeness (QED) is 0.440. The number of hydrogen-bond donors (Lipinski definition) is 1. The average molecular weight is 462 g/mol. The van der Waals surface area contributed by atoms with Crippen molar-refractivity contribution >= 4 is 17.9 Å². The van der Waals surface area contributed by atoms with Crippen molar-refractivity contribution in [1.29, 1.82) is 0 Å². The van der Waals surface area contributed by atoms with Crippen molar-refractivity contribution in [2.75, 3.05) is 6.61 Å². The highest BCUT2D eigenvalue weighted by molar-refractivity contribution is 5.91. The summed E-state index contributed by atoms with van der Waals surface area (Å²) in [6.45, 7) is -0.272. The highest BCUT2D eigenvalue weighted by Gasteiger charge is 2.47. The molecule has 1 saturated heterocycles. The highest BCUT2D eigenvalue weighted by Crippen LogP contribution is 2.25. The van der Waals surface area contributed by atoms with Gasteiger partial charge in [-0.05, 0) is 36.4 Å². The van der Waals surface area contributed by atoms with E-state index in [1.165, 1.54) is 12.1 Å². The summed E-state index contributed by atoms with van der Waals surface area (Å²) in [6.07, 6.45) is -5.51. The molecule has 3 aromatic rings. The number of aliphatic hydroxyl groups excluding tert-OH is 1. The van der Waals surface area contributed by atoms with Crippen LogP contribution in [0.5, 0.6) is 0 Å². The van der Waals surface area contributed by atoms with Crippen LogP contribution in [0, 0.1) is 0 Å². The van der Waals surface area contributed by atoms with E-state index in [4.69, 9.17) is 18.9 Å². The highest BCUT2D eigenvalue weighted by atomic mass is 16.7. The van der Waals surface area contributed by atoms with Crippen molar-refractivity contribution < 1.29 is 38.4 Å². The summed E-state index contributed by atoms with van der Waals surface area (Å²) in [5.41, 5.74) is 0.746. The molecule has 1 N–H and O–H groups in total. The van der Waals surface area contributed by atoms with Crippen molar-refractivity contribution in [2.24, 2.45) is 0 Å². The van der Waals surface area contributed by atoms with Gasteiger partial charge in [-0.2, -0.15) is 0 Å². The fourth-order valence-corrected chi connectivity index (χ4v) is 3.44. The average Bonchev–Trinajstić information content (AvgIpc) is 2.89. The van der Waals surface area contributed by atoms with E-state index in [0.29, 0.717) is 0 Å². The van der Waals surface area contributed by atoms with Gasteiger partial charge in [0.25, 0.3) is 0 Å². The van der Waals surface area contributed by atoms with Crippen molar-refractivity contribution in [2.45, 2.75) is 24.6 Å². The number of benzene rings is 3. The zero-order chi connectivity index (χ0) is 23.9. The Kier molecular flexibility index (Phi) is 7.31. The molecule has 1 aliphatic rings. The van der Waals surface area contributed by atoms with Gasteiger partial charge in [-0.15, -0.1) is 0 Å². The Labute approximate surface area is 195 Å². The second-order valence-electron chi connectivity index (χ2n) is 7.51. The lowest BCUT2D eigenvalue weighted by Crippen LogP contribution is -2.57. The predicted molar refractivity (Wildman–Crippen MR) is 119 cm³/mol. The number of esters is 3. The first-order valence-corrected chi connectivity index (χ1v) is 10.6. The van der Waals surface area contributed by atoms with Gasteiger partial charge in [-0.1, -0.05) is 54.6 Å². The normalized spacial score (nSPS) is 21.8. The minimum atomic E-state index is -1.60. The van der Waals surface area contributed by atoms with E-state index in [9.17, 15) is 19.5 Å². The summed E-state index contributed by atoms with van der Waals surface area (Å²) in [7, 11) is 0. The Morgan fingerprint density at radius 2 is 1.00 bits per heavy atom. The Hall–Kier alpha value is -4.01. The topological polar surface area (TPSA) is 108 Å². The van der Waals surface area contributed by atoms with Crippen molar-refractivity contribution in [3.63, 3.8) is 0 Å². The molecule has 0 aliphatic carbocycles. The van der Waals surface area contributed by atoms with Crippen LogP contribution >= 0.6 is 0 Å². The van der Waals surface area contributed by atoms with Crippen LogP contribution in [0.15, 0.2) is 91.0 Å². The third-order valence-electron chi connectivity index (χ3n) is 5.18. The van der Waals surface area contributed by atoms with Crippen LogP contribution in [0.3, 0.4) is 0 Å². The summed E-state index contributed by atoms with van der Waals surface area (Å²) in [4.78, 5) is 38.1. The molecular weight excluding hydrogens is 440 g/mol. The molecule has 0 spiro atoms. The third-order valence-corrected chi connectivity index (χ3v) is 5.18. The van der Waals surface area contributed by atoms with Gasteiger partial charge < -0.3 is 24.1 Å². The molecule has 1 heterocycles. The monoisotopic (exact) mass is 462 g/mol. The maximum atomic E-state index is 12.8. The molecule has 4 rings (SSSR count). The van der Waals surface area contributed by atoms with E-state index in [-0.39, 0.29) is 23.3 Å². The standard InChI is InChI=1S/C26H22O8/c27-23(17-10-4-1-5-11-17)32-20-16-31-26(30)22(34-25(29)19-14-8-3-9-15-19)21(20)33-24(28)18-12-6-2-7-13-18/h1-15,20-22,26,30H,16H2/t20-,21+,22-,26-/m0/s1. The first-order chi connectivity index (χ1) is 16.5. The molecule has 8 heteroatoms. The smallest absolute Gasteiger partial charge is 0.338 e. The second-order valence-corrected chi connectivity index (χ2v) is 7.51. The molecule has 0 saturated carbocycles. The van der Waals surface area contributed by atoms with Crippen LogP contribution in [-0.4, -0.2) is 54.2 Å². The lowest BCUT2D eigenvalue weighted by atomic mass is 10.0. The number of carbonyl (C=O) groups is 3. The van der Waals surface area contributed by atoms with Crippen molar-refractivity contribution in [3.8, 4) is 0 Å². The second kappa shape index (κ2) is 10.7. The first kappa shape index (κ1) is 23.2. The van der Waals surface area contributed by atoms with Gasteiger partial charge in [0.2, 0.25) is 0 Å². The van der Waals surface area contributed by atoms with Crippen molar-refractivity contribution in [1.82, 2.24) is 0 Å². The van der Waals surface area contributed by atoms with Gasteiger partial charge in [0.15, 0.2) is 24.6 Å². The van der Waals surface area contributed by atoms with Gasteiger partial charge >= 0.3 is 17.9 Å². The van der Waals surface area contributed by atoms with E-state index in [2.05, 4.69) is 0 Å². The number of rotatable bonds is 6. The van der Waals surface area contributed by atoms with E-state index < -0.39 is 42.5 Å². The van der Waals surface area contributed by atoms with Crippen LogP contribution in [0.1, 0.15) is 31.1 Å². The molecule has 8 nitrogen and oxygen atoms in total. The molecule has 0 amide bonds. The fourth-order valence-electron chi connectivity index (χ4n) is 3.44. The Morgan fingerprint density at radius 3 is 1.44 bits per heavy atom. The molecule has 0 bridgehead atoms. The largest absolute Gasteiger partial charge is 0.452 e. The third kappa shape index (κ3) is 5.48. The van der Waals surface area contributed by atoms with Gasteiger partial charge in [0.05, 0.1) is 23.3 Å². The van der Waals surface area contributed by atoms with Gasteiger partial charge in [-0.3, -0.25) is 0 Å². The Bertz CT molecular complexity index is 1120. The maximum absolute atomic E-state index is 12.8. The molecule has 0 unspecified atom stereocenters. The molecule has 3 aromatic carbocycles. The summed E-state index contributed by atoms with van der Waals surface area (Å²) in [6, 6.07) is 24.5. The first-order valence-electron chi connectivity index (χ1n) is 10.6. The predicted octanol–water partition coefficient (Wildman–Crippen LogP) is 3.01. The van der Waals surface area contributed by atoms with Crippen LogP contribution in [0.2, 0.25) is 0 Å². The van der Waals surface area contributed by atoms with E-state index in [1.807, 2.05) is 0 Å². The summed E-state index contributed by atoms with van der Waals surface area (Å²) >= 11 is 0. The molecule has 0 aromatic heterocycles. The zero-order valence-corrected chi connectivity index (χ0v) is 18.0. The van der Waals surface area contributed by atoms with Crippen LogP contribution in [-0.2, 0) is 18.9 Å². The molecule has 174 valence electrons. The summed E-state index contributed by atoms with van der Waals surface area (Å²) in [5, 5.41) is 10.5. The zero-order valence-electron chi connectivity index (χ0n) is 18.0. The molecule has 1 aliphatic heterocycles. The Balaban J connectivity index is 1.59. The van der Waals surface area contributed by atoms with Crippen molar-refractivity contribution in [3.05, 3.63) is 108 Å². The lowest BCUT2D eigenvalue weighted by Gasteiger charge is -2.38. The fraction of sp³-hybridized carbons (Fsp3) is 0.192. The lowest BCUT2D eigenvalue weighted by molar-refractivity contribution is -0.251. The summed E-state index contributed by atoms with van der Waals surface area (Å²) in [5.74, 6) is -2.18. The van der Waals surface area contributed by atoms with Gasteiger partial charge in [-0.25, -0.2) is 14.4 Å². The molecule has 4 atom stereocenters. The van der Waals surface area contributed by atoms with Crippen LogP contribution in [0.25, 0.3) is 0 Å². The van der Waals surface area contributed by atoms with Crippen LogP contribution < -0.4 is 0 Å². The van der Waals surface area contributed by atoms with Crippen LogP contribution in [0.4, 0.5) is 0 Å². The van der Waals surface area contributed by atoms with Gasteiger partial charge in [0.1, 0.15) is 0 Å². The minimum absolute atomic E-state index is 0.228. The molecule has 0 radical (unpaired) electrons. The minimum Gasteiger partial charge on any atom is -0.452 e.